The molecular formula is C14H16ClFN2O3. The summed E-state index contributed by atoms with van der Waals surface area (Å²) in [5, 5.41) is 12.0. The summed E-state index contributed by atoms with van der Waals surface area (Å²) in [6.45, 7) is 2.14. The number of likely N-dealkylation sites (tertiary alicyclic amines) is 1. The van der Waals surface area contributed by atoms with Crippen LogP contribution < -0.4 is 5.32 Å². The third-order valence-electron chi connectivity index (χ3n) is 3.67. The Balaban J connectivity index is 2.10. The first kappa shape index (κ1) is 15.6. The number of anilines is 1. The fourth-order valence-corrected chi connectivity index (χ4v) is 2.55. The fourth-order valence-electron chi connectivity index (χ4n) is 2.37. The standard InChI is InChI=1S/C14H16ClFN2O3/c1-14(12(19)20)5-2-6-18(8-14)13(21)17-11-7-9(15)3-4-10(11)16/h3-4,7H,2,5-6,8H2,1H3,(H,17,21)(H,19,20). The van der Waals surface area contributed by atoms with Crippen LogP contribution in [0.15, 0.2) is 18.2 Å². The summed E-state index contributed by atoms with van der Waals surface area (Å²) >= 11 is 5.76. The van der Waals surface area contributed by atoms with E-state index in [1.54, 1.807) is 6.92 Å². The van der Waals surface area contributed by atoms with E-state index >= 15 is 0 Å². The molecule has 0 spiro atoms. The molecule has 1 unspecified atom stereocenters. The number of carbonyl (C=O) groups is 2. The summed E-state index contributed by atoms with van der Waals surface area (Å²) in [5.41, 5.74) is -0.988. The highest BCUT2D eigenvalue weighted by atomic mass is 35.5. The van der Waals surface area contributed by atoms with Crippen molar-refractivity contribution in [2.45, 2.75) is 19.8 Å². The van der Waals surface area contributed by atoms with E-state index in [4.69, 9.17) is 11.6 Å². The number of amides is 2. The van der Waals surface area contributed by atoms with Crippen molar-refractivity contribution in [1.29, 1.82) is 0 Å². The third-order valence-corrected chi connectivity index (χ3v) is 3.91. The van der Waals surface area contributed by atoms with Crippen molar-refractivity contribution in [3.8, 4) is 0 Å². The van der Waals surface area contributed by atoms with Gasteiger partial charge >= 0.3 is 12.0 Å². The van der Waals surface area contributed by atoms with Crippen LogP contribution >= 0.6 is 11.6 Å². The van der Waals surface area contributed by atoms with Crippen molar-refractivity contribution >= 4 is 29.3 Å². The molecule has 5 nitrogen and oxygen atoms in total. The molecule has 1 fully saturated rings. The van der Waals surface area contributed by atoms with Gasteiger partial charge in [-0.1, -0.05) is 11.6 Å². The van der Waals surface area contributed by atoms with Gasteiger partial charge in [-0.3, -0.25) is 4.79 Å². The fraction of sp³-hybridized carbons (Fsp3) is 0.429. The topological polar surface area (TPSA) is 69.6 Å². The summed E-state index contributed by atoms with van der Waals surface area (Å²) in [5.74, 6) is -1.53. The second kappa shape index (κ2) is 5.89. The largest absolute Gasteiger partial charge is 0.481 e. The molecule has 1 saturated heterocycles. The van der Waals surface area contributed by atoms with Crippen LogP contribution in [0, 0.1) is 11.2 Å². The maximum Gasteiger partial charge on any atom is 0.321 e. The lowest BCUT2D eigenvalue weighted by Crippen LogP contribution is -2.49. The predicted octanol–water partition coefficient (Wildman–Crippen LogP) is 3.20. The number of aliphatic carboxylic acids is 1. The van der Waals surface area contributed by atoms with Gasteiger partial charge in [-0.15, -0.1) is 0 Å². The second-order valence-corrected chi connectivity index (χ2v) is 5.88. The van der Waals surface area contributed by atoms with Gasteiger partial charge in [0.25, 0.3) is 0 Å². The molecule has 7 heteroatoms. The van der Waals surface area contributed by atoms with E-state index < -0.39 is 23.2 Å². The highest BCUT2D eigenvalue weighted by molar-refractivity contribution is 6.30. The molecule has 1 atom stereocenters. The highest BCUT2D eigenvalue weighted by Gasteiger charge is 2.39. The number of hydrogen-bond acceptors (Lipinski definition) is 2. The zero-order valence-corrected chi connectivity index (χ0v) is 12.3. The van der Waals surface area contributed by atoms with Crippen molar-refractivity contribution in [3.05, 3.63) is 29.0 Å². The Hall–Kier alpha value is -1.82. The number of carboxylic acids is 1. The first-order valence-corrected chi connectivity index (χ1v) is 6.94. The molecule has 1 aromatic carbocycles. The van der Waals surface area contributed by atoms with Gasteiger partial charge < -0.3 is 15.3 Å². The van der Waals surface area contributed by atoms with Gasteiger partial charge in [0.2, 0.25) is 0 Å². The number of nitrogens with one attached hydrogen (secondary N) is 1. The minimum Gasteiger partial charge on any atom is -0.481 e. The Morgan fingerprint density at radius 3 is 2.86 bits per heavy atom. The minimum atomic E-state index is -0.970. The molecule has 1 aliphatic heterocycles. The quantitative estimate of drug-likeness (QED) is 0.880. The van der Waals surface area contributed by atoms with Gasteiger partial charge in [-0.05, 0) is 38.0 Å². The Bertz CT molecular complexity index is 581. The molecule has 1 heterocycles. The lowest BCUT2D eigenvalue weighted by atomic mass is 9.82. The summed E-state index contributed by atoms with van der Waals surface area (Å²) in [6, 6.07) is 3.34. The zero-order valence-electron chi connectivity index (χ0n) is 11.5. The molecule has 0 aromatic heterocycles. The van der Waals surface area contributed by atoms with Crippen LogP contribution in [0.25, 0.3) is 0 Å². The smallest absolute Gasteiger partial charge is 0.321 e. The number of nitrogens with zero attached hydrogens (tertiary/aromatic N) is 1. The molecule has 0 bridgehead atoms. The van der Waals surface area contributed by atoms with Crippen molar-refractivity contribution < 1.29 is 19.1 Å². The summed E-state index contributed by atoms with van der Waals surface area (Å²) in [7, 11) is 0. The van der Waals surface area contributed by atoms with E-state index in [1.165, 1.54) is 17.0 Å². The molecule has 21 heavy (non-hydrogen) atoms. The Morgan fingerprint density at radius 2 is 2.19 bits per heavy atom. The second-order valence-electron chi connectivity index (χ2n) is 5.45. The Morgan fingerprint density at radius 1 is 1.48 bits per heavy atom. The molecule has 114 valence electrons. The SMILES string of the molecule is CC1(C(=O)O)CCCN(C(=O)Nc2cc(Cl)ccc2F)C1. The predicted molar refractivity (Wildman–Crippen MR) is 77.0 cm³/mol. The Kier molecular flexibility index (Phi) is 4.37. The number of rotatable bonds is 2. The number of benzene rings is 1. The first-order chi connectivity index (χ1) is 9.82. The third kappa shape index (κ3) is 3.44. The van der Waals surface area contributed by atoms with Crippen LogP contribution in [0.5, 0.6) is 0 Å². The number of piperidine rings is 1. The number of urea groups is 1. The lowest BCUT2D eigenvalue weighted by molar-refractivity contribution is -0.150. The molecular weight excluding hydrogens is 299 g/mol. The highest BCUT2D eigenvalue weighted by Crippen LogP contribution is 2.30. The maximum atomic E-state index is 13.6. The van der Waals surface area contributed by atoms with E-state index in [9.17, 15) is 19.1 Å². The number of carboxylic acid groups (broad SMARTS) is 1. The average Bonchev–Trinajstić information content (AvgIpc) is 2.42. The molecule has 1 aliphatic rings. The van der Waals surface area contributed by atoms with Gasteiger partial charge in [0, 0.05) is 18.1 Å². The first-order valence-electron chi connectivity index (χ1n) is 6.56. The van der Waals surface area contributed by atoms with Gasteiger partial charge in [0.1, 0.15) is 5.82 Å². The monoisotopic (exact) mass is 314 g/mol. The van der Waals surface area contributed by atoms with Crippen molar-refractivity contribution in [1.82, 2.24) is 4.90 Å². The van der Waals surface area contributed by atoms with Crippen molar-refractivity contribution in [2.24, 2.45) is 5.41 Å². The molecule has 2 amide bonds. The van der Waals surface area contributed by atoms with Gasteiger partial charge in [0.05, 0.1) is 11.1 Å². The normalized spacial score (nSPS) is 22.0. The number of halogens is 2. The number of hydrogen-bond donors (Lipinski definition) is 2. The summed E-state index contributed by atoms with van der Waals surface area (Å²) in [6.07, 6.45) is 1.10. The number of carbonyl (C=O) groups excluding carboxylic acids is 1. The Labute approximate surface area is 126 Å². The van der Waals surface area contributed by atoms with Crippen molar-refractivity contribution in [3.63, 3.8) is 0 Å². The van der Waals surface area contributed by atoms with E-state index in [1.807, 2.05) is 0 Å². The summed E-state index contributed by atoms with van der Waals surface area (Å²) < 4.78 is 13.6. The van der Waals surface area contributed by atoms with E-state index in [0.717, 1.165) is 6.07 Å². The molecule has 2 rings (SSSR count). The van der Waals surface area contributed by atoms with Crippen LogP contribution in [0.3, 0.4) is 0 Å². The lowest BCUT2D eigenvalue weighted by Gasteiger charge is -2.37. The van der Waals surface area contributed by atoms with E-state index in [-0.39, 0.29) is 12.2 Å². The van der Waals surface area contributed by atoms with Gasteiger partial charge in [-0.2, -0.15) is 0 Å². The molecule has 2 N–H and O–H groups in total. The van der Waals surface area contributed by atoms with Gasteiger partial charge in [0.15, 0.2) is 0 Å². The van der Waals surface area contributed by atoms with Crippen LogP contribution in [0.4, 0.5) is 14.9 Å². The van der Waals surface area contributed by atoms with Gasteiger partial charge in [-0.25, -0.2) is 9.18 Å². The average molecular weight is 315 g/mol. The molecule has 0 saturated carbocycles. The van der Waals surface area contributed by atoms with Crippen LogP contribution in [-0.2, 0) is 4.79 Å². The van der Waals surface area contributed by atoms with Crippen LogP contribution in [0.1, 0.15) is 19.8 Å². The van der Waals surface area contributed by atoms with Crippen molar-refractivity contribution in [2.75, 3.05) is 18.4 Å². The molecule has 1 aromatic rings. The van der Waals surface area contributed by atoms with E-state index in [2.05, 4.69) is 5.32 Å². The zero-order chi connectivity index (χ0) is 15.6. The molecule has 0 aliphatic carbocycles. The van der Waals surface area contributed by atoms with Crippen LogP contribution in [-0.4, -0.2) is 35.1 Å². The molecule has 0 radical (unpaired) electrons. The van der Waals surface area contributed by atoms with Crippen LogP contribution in [0.2, 0.25) is 5.02 Å². The maximum absolute atomic E-state index is 13.6. The summed E-state index contributed by atoms with van der Waals surface area (Å²) in [4.78, 5) is 24.8. The minimum absolute atomic E-state index is 0.0184. The van der Waals surface area contributed by atoms with E-state index in [0.29, 0.717) is 24.4 Å².